The Balaban J connectivity index is 2.20. The molecule has 0 amide bonds. The number of esters is 1. The molecule has 0 radical (unpaired) electrons. The summed E-state index contributed by atoms with van der Waals surface area (Å²) in [5.41, 5.74) is 0.401. The lowest BCUT2D eigenvalue weighted by Gasteiger charge is -2.04. The Kier molecular flexibility index (Phi) is 3.28. The Morgan fingerprint density at radius 3 is 3.25 bits per heavy atom. The monoisotopic (exact) mass is 240 g/mol. The van der Waals surface area contributed by atoms with E-state index in [-0.39, 0.29) is 17.9 Å². The number of ether oxygens (including phenoxy) is 1. The van der Waals surface area contributed by atoms with Gasteiger partial charge < -0.3 is 4.74 Å². The summed E-state index contributed by atoms with van der Waals surface area (Å²) >= 11 is 1.54. The van der Waals surface area contributed by atoms with Crippen molar-refractivity contribution in [3.8, 4) is 0 Å². The van der Waals surface area contributed by atoms with Crippen molar-refractivity contribution < 1.29 is 9.53 Å². The van der Waals surface area contributed by atoms with Gasteiger partial charge in [0.1, 0.15) is 0 Å². The van der Waals surface area contributed by atoms with Gasteiger partial charge in [-0.2, -0.15) is 0 Å². The van der Waals surface area contributed by atoms with E-state index in [0.29, 0.717) is 24.0 Å². The minimum atomic E-state index is -0.345. The summed E-state index contributed by atoms with van der Waals surface area (Å²) in [5.74, 6) is 0.521. The maximum Gasteiger partial charge on any atom is 0.311 e. The Hall–Kier alpha value is -1.30. The van der Waals surface area contributed by atoms with Gasteiger partial charge >= 0.3 is 5.97 Å². The molecule has 0 fully saturated rings. The van der Waals surface area contributed by atoms with Gasteiger partial charge in [-0.15, -0.1) is 0 Å². The van der Waals surface area contributed by atoms with Crippen LogP contribution >= 0.6 is 11.8 Å². The summed E-state index contributed by atoms with van der Waals surface area (Å²) in [6, 6.07) is 1.41. The molecule has 2 rings (SSSR count). The second kappa shape index (κ2) is 4.69. The molecule has 1 aliphatic heterocycles. The van der Waals surface area contributed by atoms with Crippen molar-refractivity contribution in [2.24, 2.45) is 0 Å². The molecule has 0 aromatic carbocycles. The standard InChI is InChI=1S/C10H12N2O3S/c1-2-15-9(14)6-7-5-8(13)12-3-4-16-10(12)11-7/h5H,2-4,6H2,1H3. The van der Waals surface area contributed by atoms with Crippen LogP contribution in [0.25, 0.3) is 0 Å². The first-order chi connectivity index (χ1) is 7.70. The first kappa shape index (κ1) is 11.2. The normalized spacial score (nSPS) is 13.6. The van der Waals surface area contributed by atoms with Crippen LogP contribution in [0.1, 0.15) is 12.6 Å². The Labute approximate surface area is 96.8 Å². The van der Waals surface area contributed by atoms with Crippen LogP contribution in [0.3, 0.4) is 0 Å². The molecule has 86 valence electrons. The highest BCUT2D eigenvalue weighted by Crippen LogP contribution is 2.20. The molecule has 2 heterocycles. The fourth-order valence-electron chi connectivity index (χ4n) is 1.52. The third-order valence-corrected chi connectivity index (χ3v) is 3.16. The minimum absolute atomic E-state index is 0.0669. The summed E-state index contributed by atoms with van der Waals surface area (Å²) in [5, 5.41) is 0.701. The van der Waals surface area contributed by atoms with Gasteiger partial charge in [0.25, 0.3) is 5.56 Å². The number of thioether (sulfide) groups is 1. The molecule has 0 unspecified atom stereocenters. The van der Waals surface area contributed by atoms with Crippen LogP contribution in [0, 0.1) is 0 Å². The van der Waals surface area contributed by atoms with Crippen molar-refractivity contribution >= 4 is 17.7 Å². The van der Waals surface area contributed by atoms with Crippen molar-refractivity contribution in [3.63, 3.8) is 0 Å². The number of nitrogens with zero attached hydrogens (tertiary/aromatic N) is 2. The molecule has 1 aromatic heterocycles. The molecular weight excluding hydrogens is 228 g/mol. The zero-order valence-corrected chi connectivity index (χ0v) is 9.75. The van der Waals surface area contributed by atoms with E-state index in [1.54, 1.807) is 11.5 Å². The van der Waals surface area contributed by atoms with Gasteiger partial charge in [0, 0.05) is 18.4 Å². The molecule has 0 saturated heterocycles. The molecule has 16 heavy (non-hydrogen) atoms. The number of aromatic nitrogens is 2. The average molecular weight is 240 g/mol. The summed E-state index contributed by atoms with van der Waals surface area (Å²) in [6.07, 6.45) is 0.0669. The summed E-state index contributed by atoms with van der Waals surface area (Å²) in [6.45, 7) is 2.79. The van der Waals surface area contributed by atoms with Gasteiger partial charge in [0.2, 0.25) is 0 Å². The summed E-state index contributed by atoms with van der Waals surface area (Å²) in [4.78, 5) is 27.1. The molecule has 0 saturated carbocycles. The van der Waals surface area contributed by atoms with E-state index in [0.717, 1.165) is 5.75 Å². The molecule has 0 spiro atoms. The molecular formula is C10H12N2O3S. The first-order valence-corrected chi connectivity index (χ1v) is 6.08. The average Bonchev–Trinajstić information content (AvgIpc) is 2.66. The van der Waals surface area contributed by atoms with Gasteiger partial charge in [-0.05, 0) is 6.92 Å². The fraction of sp³-hybridized carbons (Fsp3) is 0.500. The van der Waals surface area contributed by atoms with Crippen LogP contribution in [-0.4, -0.2) is 27.9 Å². The highest BCUT2D eigenvalue weighted by molar-refractivity contribution is 7.99. The molecule has 1 aromatic rings. The number of carbonyl (C=O) groups is 1. The van der Waals surface area contributed by atoms with E-state index in [4.69, 9.17) is 4.74 Å². The van der Waals surface area contributed by atoms with Gasteiger partial charge in [-0.25, -0.2) is 4.98 Å². The van der Waals surface area contributed by atoms with Crippen LogP contribution < -0.4 is 5.56 Å². The van der Waals surface area contributed by atoms with Gasteiger partial charge in [0.05, 0.1) is 18.7 Å². The van der Waals surface area contributed by atoms with E-state index in [1.807, 2.05) is 0 Å². The highest BCUT2D eigenvalue weighted by atomic mass is 32.2. The third-order valence-electron chi connectivity index (χ3n) is 2.20. The van der Waals surface area contributed by atoms with E-state index in [9.17, 15) is 9.59 Å². The van der Waals surface area contributed by atoms with Gasteiger partial charge in [-0.3, -0.25) is 14.2 Å². The number of hydrogen-bond acceptors (Lipinski definition) is 5. The molecule has 0 aliphatic carbocycles. The largest absolute Gasteiger partial charge is 0.466 e. The van der Waals surface area contributed by atoms with E-state index >= 15 is 0 Å². The zero-order valence-electron chi connectivity index (χ0n) is 8.93. The Morgan fingerprint density at radius 2 is 2.50 bits per heavy atom. The number of carbonyl (C=O) groups excluding carboxylic acids is 1. The van der Waals surface area contributed by atoms with Crippen LogP contribution in [-0.2, 0) is 22.5 Å². The number of hydrogen-bond donors (Lipinski definition) is 0. The minimum Gasteiger partial charge on any atom is -0.466 e. The predicted molar refractivity (Wildman–Crippen MR) is 59.6 cm³/mol. The first-order valence-electron chi connectivity index (χ1n) is 5.10. The Morgan fingerprint density at radius 1 is 1.69 bits per heavy atom. The van der Waals surface area contributed by atoms with Crippen LogP contribution in [0.4, 0.5) is 0 Å². The topological polar surface area (TPSA) is 61.2 Å². The predicted octanol–water partition coefficient (Wildman–Crippen LogP) is 0.455. The molecule has 0 N–H and O–H groups in total. The van der Waals surface area contributed by atoms with Crippen molar-refractivity contribution in [3.05, 3.63) is 22.1 Å². The number of rotatable bonds is 3. The van der Waals surface area contributed by atoms with Gasteiger partial charge in [-0.1, -0.05) is 11.8 Å². The molecule has 5 nitrogen and oxygen atoms in total. The second-order valence-corrected chi connectivity index (χ2v) is 4.41. The lowest BCUT2D eigenvalue weighted by molar-refractivity contribution is -0.142. The molecule has 0 atom stereocenters. The zero-order chi connectivity index (χ0) is 11.5. The Bertz CT molecular complexity index is 470. The molecule has 0 bridgehead atoms. The van der Waals surface area contributed by atoms with Crippen molar-refractivity contribution in [1.82, 2.24) is 9.55 Å². The maximum atomic E-state index is 11.6. The summed E-state index contributed by atoms with van der Waals surface area (Å²) < 4.78 is 6.43. The number of fused-ring (bicyclic) bond motifs is 1. The van der Waals surface area contributed by atoms with Crippen LogP contribution in [0.15, 0.2) is 16.0 Å². The quantitative estimate of drug-likeness (QED) is 0.567. The smallest absolute Gasteiger partial charge is 0.311 e. The third kappa shape index (κ3) is 2.27. The lowest BCUT2D eigenvalue weighted by atomic mass is 10.3. The van der Waals surface area contributed by atoms with Crippen LogP contribution in [0.5, 0.6) is 0 Å². The highest BCUT2D eigenvalue weighted by Gasteiger charge is 2.16. The van der Waals surface area contributed by atoms with E-state index in [1.165, 1.54) is 17.8 Å². The second-order valence-electron chi connectivity index (χ2n) is 3.35. The van der Waals surface area contributed by atoms with Gasteiger partial charge in [0.15, 0.2) is 5.16 Å². The van der Waals surface area contributed by atoms with Crippen LogP contribution in [0.2, 0.25) is 0 Å². The molecule has 1 aliphatic rings. The lowest BCUT2D eigenvalue weighted by Crippen LogP contribution is -2.21. The molecule has 6 heteroatoms. The van der Waals surface area contributed by atoms with Crippen molar-refractivity contribution in [2.75, 3.05) is 12.4 Å². The maximum absolute atomic E-state index is 11.6. The van der Waals surface area contributed by atoms with Crippen molar-refractivity contribution in [2.45, 2.75) is 25.0 Å². The fourth-order valence-corrected chi connectivity index (χ4v) is 2.50. The SMILES string of the molecule is CCOC(=O)Cc1cc(=O)n2c(n1)SCC2. The van der Waals surface area contributed by atoms with E-state index < -0.39 is 0 Å². The van der Waals surface area contributed by atoms with E-state index in [2.05, 4.69) is 4.98 Å². The van der Waals surface area contributed by atoms with Crippen molar-refractivity contribution in [1.29, 1.82) is 0 Å². The summed E-state index contributed by atoms with van der Waals surface area (Å²) in [7, 11) is 0.